The molecule has 0 unspecified atom stereocenters. The zero-order valence-electron chi connectivity index (χ0n) is 14.9. The van der Waals surface area contributed by atoms with Crippen molar-refractivity contribution in [3.8, 4) is 17.2 Å². The summed E-state index contributed by atoms with van der Waals surface area (Å²) in [6.45, 7) is 2.32. The second-order valence-electron chi connectivity index (χ2n) is 6.04. The van der Waals surface area contributed by atoms with Crippen molar-refractivity contribution in [3.63, 3.8) is 0 Å². The van der Waals surface area contributed by atoms with Gasteiger partial charge in [-0.25, -0.2) is 0 Å². The summed E-state index contributed by atoms with van der Waals surface area (Å²) >= 11 is 0. The number of hydrogen-bond donors (Lipinski definition) is 1. The number of carboxylic acid groups (broad SMARTS) is 1. The van der Waals surface area contributed by atoms with Crippen LogP contribution in [-0.4, -0.2) is 17.7 Å². The molecule has 6 nitrogen and oxygen atoms in total. The molecule has 0 aliphatic rings. The number of carbonyl (C=O) groups is 1. The SMILES string of the molecule is CCc1cccc(Oc2coc3cc(OCCCC(=O)O)ccc3c2=O)c1. The van der Waals surface area contributed by atoms with Crippen LogP contribution in [0.25, 0.3) is 11.0 Å². The molecule has 140 valence electrons. The molecule has 0 saturated carbocycles. The highest BCUT2D eigenvalue weighted by Gasteiger charge is 2.10. The van der Waals surface area contributed by atoms with Gasteiger partial charge in [0.2, 0.25) is 11.2 Å². The van der Waals surface area contributed by atoms with Crippen molar-refractivity contribution in [1.82, 2.24) is 0 Å². The number of aryl methyl sites for hydroxylation is 1. The van der Waals surface area contributed by atoms with E-state index in [1.165, 1.54) is 6.26 Å². The maximum absolute atomic E-state index is 12.6. The molecule has 3 aromatic rings. The molecule has 1 N–H and O–H groups in total. The first kappa shape index (κ1) is 18.5. The number of benzene rings is 2. The van der Waals surface area contributed by atoms with Crippen LogP contribution in [0.4, 0.5) is 0 Å². The molecule has 0 fully saturated rings. The van der Waals surface area contributed by atoms with E-state index in [0.717, 1.165) is 12.0 Å². The Morgan fingerprint density at radius 2 is 2.00 bits per heavy atom. The quantitative estimate of drug-likeness (QED) is 0.594. The van der Waals surface area contributed by atoms with Crippen molar-refractivity contribution in [1.29, 1.82) is 0 Å². The molecular formula is C21H20O6. The summed E-state index contributed by atoms with van der Waals surface area (Å²) in [6, 6.07) is 12.4. The van der Waals surface area contributed by atoms with Crippen LogP contribution in [0.15, 0.2) is 57.9 Å². The Morgan fingerprint density at radius 1 is 1.15 bits per heavy atom. The molecule has 0 bridgehead atoms. The summed E-state index contributed by atoms with van der Waals surface area (Å²) in [5, 5.41) is 9.01. The molecule has 6 heteroatoms. The highest BCUT2D eigenvalue weighted by Crippen LogP contribution is 2.24. The highest BCUT2D eigenvalue weighted by atomic mass is 16.5. The molecule has 0 atom stereocenters. The molecule has 0 aliphatic heterocycles. The van der Waals surface area contributed by atoms with Gasteiger partial charge in [0.05, 0.1) is 12.0 Å². The number of rotatable bonds is 8. The Morgan fingerprint density at radius 3 is 2.78 bits per heavy atom. The molecular weight excluding hydrogens is 348 g/mol. The lowest BCUT2D eigenvalue weighted by atomic mass is 10.2. The van der Waals surface area contributed by atoms with E-state index < -0.39 is 5.97 Å². The lowest BCUT2D eigenvalue weighted by Gasteiger charge is -2.08. The van der Waals surface area contributed by atoms with Crippen LogP contribution in [0.2, 0.25) is 0 Å². The fourth-order valence-corrected chi connectivity index (χ4v) is 2.62. The van der Waals surface area contributed by atoms with Gasteiger partial charge in [-0.3, -0.25) is 9.59 Å². The van der Waals surface area contributed by atoms with Gasteiger partial charge >= 0.3 is 5.97 Å². The number of fused-ring (bicyclic) bond motifs is 1. The van der Waals surface area contributed by atoms with E-state index in [0.29, 0.717) is 28.9 Å². The van der Waals surface area contributed by atoms with Gasteiger partial charge in [0.1, 0.15) is 23.3 Å². The van der Waals surface area contributed by atoms with Crippen LogP contribution in [-0.2, 0) is 11.2 Å². The zero-order chi connectivity index (χ0) is 19.2. The molecule has 1 aromatic heterocycles. The molecule has 3 rings (SSSR count). The fourth-order valence-electron chi connectivity index (χ4n) is 2.62. The van der Waals surface area contributed by atoms with Crippen molar-refractivity contribution < 1.29 is 23.8 Å². The van der Waals surface area contributed by atoms with Crippen LogP contribution < -0.4 is 14.9 Å². The lowest BCUT2D eigenvalue weighted by molar-refractivity contribution is -0.137. The predicted octanol–water partition coefficient (Wildman–Crippen LogP) is 4.39. The first-order valence-electron chi connectivity index (χ1n) is 8.74. The van der Waals surface area contributed by atoms with E-state index in [-0.39, 0.29) is 24.2 Å². The molecule has 0 spiro atoms. The third kappa shape index (κ3) is 4.67. The average Bonchev–Trinajstić information content (AvgIpc) is 2.67. The van der Waals surface area contributed by atoms with Gasteiger partial charge in [-0.2, -0.15) is 0 Å². The van der Waals surface area contributed by atoms with Crippen LogP contribution in [0.1, 0.15) is 25.3 Å². The summed E-state index contributed by atoms with van der Waals surface area (Å²) in [5.41, 5.74) is 1.23. The molecule has 1 heterocycles. The van der Waals surface area contributed by atoms with Crippen molar-refractivity contribution in [2.75, 3.05) is 6.61 Å². The zero-order valence-corrected chi connectivity index (χ0v) is 14.9. The monoisotopic (exact) mass is 368 g/mol. The maximum atomic E-state index is 12.6. The molecule has 2 aromatic carbocycles. The normalized spacial score (nSPS) is 10.7. The Balaban J connectivity index is 1.77. The minimum atomic E-state index is -0.861. The first-order chi connectivity index (χ1) is 13.1. The number of hydrogen-bond acceptors (Lipinski definition) is 5. The molecule has 0 saturated heterocycles. The molecule has 27 heavy (non-hydrogen) atoms. The number of aliphatic carboxylic acids is 1. The summed E-state index contributed by atoms with van der Waals surface area (Å²) < 4.78 is 16.7. The van der Waals surface area contributed by atoms with Crippen molar-refractivity contribution >= 4 is 16.9 Å². The third-order valence-corrected chi connectivity index (χ3v) is 4.05. The smallest absolute Gasteiger partial charge is 0.303 e. The molecule has 0 aliphatic carbocycles. The largest absolute Gasteiger partial charge is 0.493 e. The summed E-state index contributed by atoms with van der Waals surface area (Å²) in [7, 11) is 0. The van der Waals surface area contributed by atoms with Gasteiger partial charge in [-0.1, -0.05) is 19.1 Å². The highest BCUT2D eigenvalue weighted by molar-refractivity contribution is 5.79. The van der Waals surface area contributed by atoms with Gasteiger partial charge in [0.15, 0.2) is 0 Å². The predicted molar refractivity (Wildman–Crippen MR) is 101 cm³/mol. The first-order valence-corrected chi connectivity index (χ1v) is 8.74. The molecule has 0 radical (unpaired) electrons. The summed E-state index contributed by atoms with van der Waals surface area (Å²) in [6.07, 6.45) is 2.61. The van der Waals surface area contributed by atoms with E-state index in [1.807, 2.05) is 25.1 Å². The maximum Gasteiger partial charge on any atom is 0.303 e. The minimum Gasteiger partial charge on any atom is -0.493 e. The van der Waals surface area contributed by atoms with E-state index >= 15 is 0 Å². The molecule has 0 amide bonds. The van der Waals surface area contributed by atoms with E-state index in [4.69, 9.17) is 19.0 Å². The Hall–Kier alpha value is -3.28. The Bertz CT molecular complexity index is 1000. The fraction of sp³-hybridized carbons (Fsp3) is 0.238. The number of ether oxygens (including phenoxy) is 2. The Labute approximate surface area is 156 Å². The van der Waals surface area contributed by atoms with Crippen molar-refractivity contribution in [2.45, 2.75) is 26.2 Å². The summed E-state index contributed by atoms with van der Waals surface area (Å²) in [4.78, 5) is 23.1. The van der Waals surface area contributed by atoms with Gasteiger partial charge < -0.3 is 19.0 Å². The topological polar surface area (TPSA) is 86.0 Å². The minimum absolute atomic E-state index is 0.0442. The van der Waals surface area contributed by atoms with E-state index in [2.05, 4.69) is 0 Å². The standard InChI is InChI=1S/C21H20O6/c1-2-14-5-3-6-16(11-14)27-19-13-26-18-12-15(8-9-17(18)21(19)24)25-10-4-7-20(22)23/h3,5-6,8-9,11-13H,2,4,7,10H2,1H3,(H,22,23). The van der Waals surface area contributed by atoms with Gasteiger partial charge in [-0.05, 0) is 42.7 Å². The average molecular weight is 368 g/mol. The van der Waals surface area contributed by atoms with Crippen molar-refractivity contribution in [3.05, 3.63) is 64.5 Å². The Kier molecular flexibility index (Phi) is 5.76. The van der Waals surface area contributed by atoms with Crippen LogP contribution >= 0.6 is 0 Å². The summed E-state index contributed by atoms with van der Waals surface area (Å²) in [5.74, 6) is 0.353. The van der Waals surface area contributed by atoms with Crippen LogP contribution in [0.3, 0.4) is 0 Å². The second kappa shape index (κ2) is 8.40. The number of carboxylic acids is 1. The van der Waals surface area contributed by atoms with E-state index in [1.54, 1.807) is 24.3 Å². The van der Waals surface area contributed by atoms with Gasteiger partial charge in [0.25, 0.3) is 0 Å². The van der Waals surface area contributed by atoms with Crippen molar-refractivity contribution in [2.24, 2.45) is 0 Å². The van der Waals surface area contributed by atoms with Crippen LogP contribution in [0.5, 0.6) is 17.2 Å². The third-order valence-electron chi connectivity index (χ3n) is 4.05. The van der Waals surface area contributed by atoms with Crippen LogP contribution in [0, 0.1) is 0 Å². The van der Waals surface area contributed by atoms with Gasteiger partial charge in [-0.15, -0.1) is 0 Å². The van der Waals surface area contributed by atoms with Gasteiger partial charge in [0, 0.05) is 12.5 Å². The second-order valence-corrected chi connectivity index (χ2v) is 6.04. The van der Waals surface area contributed by atoms with E-state index in [9.17, 15) is 9.59 Å². The lowest BCUT2D eigenvalue weighted by Crippen LogP contribution is -2.06.